The fourth-order valence-electron chi connectivity index (χ4n) is 3.52. The highest BCUT2D eigenvalue weighted by Crippen LogP contribution is 2.14. The van der Waals surface area contributed by atoms with Gasteiger partial charge in [0.05, 0.1) is 17.9 Å². The summed E-state index contributed by atoms with van der Waals surface area (Å²) in [6, 6.07) is 7.69. The van der Waals surface area contributed by atoms with E-state index < -0.39 is 0 Å². The summed E-state index contributed by atoms with van der Waals surface area (Å²) in [7, 11) is 0. The van der Waals surface area contributed by atoms with E-state index in [-0.39, 0.29) is 35.7 Å². The molecule has 28 heavy (non-hydrogen) atoms. The second-order valence-corrected chi connectivity index (χ2v) is 7.25. The highest BCUT2D eigenvalue weighted by atomic mass is 16.5. The minimum absolute atomic E-state index is 0.0285. The van der Waals surface area contributed by atoms with E-state index in [1.807, 2.05) is 45.0 Å². The average Bonchev–Trinajstić information content (AvgIpc) is 3.08. The average molecular weight is 382 g/mol. The number of aryl methyl sites for hydroxylation is 1. The van der Waals surface area contributed by atoms with Crippen LogP contribution in [0.1, 0.15) is 19.4 Å². The molecule has 1 saturated heterocycles. The molecule has 3 aromatic rings. The molecule has 4 rings (SSSR count). The molecule has 0 bridgehead atoms. The maximum absolute atomic E-state index is 12.8. The molecule has 1 amide bonds. The number of amides is 1. The summed E-state index contributed by atoms with van der Waals surface area (Å²) in [5, 5.41) is 8.08. The lowest BCUT2D eigenvalue weighted by atomic mass is 10.2. The van der Waals surface area contributed by atoms with Gasteiger partial charge in [-0.3, -0.25) is 14.2 Å². The second-order valence-electron chi connectivity index (χ2n) is 7.25. The molecule has 0 radical (unpaired) electrons. The minimum atomic E-state index is -0.383. The van der Waals surface area contributed by atoms with Crippen LogP contribution in [0.3, 0.4) is 0 Å². The summed E-state index contributed by atoms with van der Waals surface area (Å²) in [6.07, 6.45) is 1.32. The van der Waals surface area contributed by atoms with E-state index in [9.17, 15) is 9.59 Å². The summed E-state index contributed by atoms with van der Waals surface area (Å²) in [5.74, 6) is -0.142. The van der Waals surface area contributed by atoms with Crippen molar-refractivity contribution in [1.29, 1.82) is 0 Å². The molecule has 1 fully saturated rings. The summed E-state index contributed by atoms with van der Waals surface area (Å²) in [5.41, 5.74) is 1.97. The number of fused-ring (bicyclic) bond motifs is 1. The van der Waals surface area contributed by atoms with Gasteiger partial charge in [0.2, 0.25) is 5.91 Å². The molecule has 0 spiro atoms. The van der Waals surface area contributed by atoms with E-state index in [1.54, 1.807) is 4.90 Å². The van der Waals surface area contributed by atoms with Crippen LogP contribution in [0.4, 0.5) is 0 Å². The van der Waals surface area contributed by atoms with E-state index in [4.69, 9.17) is 4.74 Å². The molecule has 0 saturated carbocycles. The molecule has 9 nitrogen and oxygen atoms in total. The first kappa shape index (κ1) is 18.3. The van der Waals surface area contributed by atoms with Crippen LogP contribution in [0.15, 0.2) is 35.4 Å². The normalized spacial score (nSPS) is 19.9. The molecule has 1 aromatic carbocycles. The number of benzene rings is 1. The van der Waals surface area contributed by atoms with Crippen LogP contribution >= 0.6 is 0 Å². The van der Waals surface area contributed by atoms with Crippen molar-refractivity contribution >= 4 is 17.1 Å². The lowest BCUT2D eigenvalue weighted by Gasteiger charge is -2.35. The Bertz CT molecular complexity index is 1080. The molecular formula is C19H22N6O3. The molecule has 1 aliphatic rings. The number of nitrogens with zero attached hydrogens (tertiary/aromatic N) is 6. The van der Waals surface area contributed by atoms with Crippen LogP contribution < -0.4 is 5.56 Å². The molecule has 0 N–H and O–H groups in total. The van der Waals surface area contributed by atoms with E-state index in [1.165, 1.54) is 15.6 Å². The van der Waals surface area contributed by atoms with Crippen molar-refractivity contribution in [2.75, 3.05) is 13.1 Å². The van der Waals surface area contributed by atoms with Gasteiger partial charge in [-0.1, -0.05) is 17.3 Å². The number of aromatic nitrogens is 5. The van der Waals surface area contributed by atoms with Gasteiger partial charge < -0.3 is 9.64 Å². The first-order valence-corrected chi connectivity index (χ1v) is 9.23. The number of rotatable bonds is 3. The third kappa shape index (κ3) is 3.40. The first-order chi connectivity index (χ1) is 13.4. The van der Waals surface area contributed by atoms with Crippen molar-refractivity contribution in [3.8, 4) is 5.69 Å². The van der Waals surface area contributed by atoms with Crippen LogP contribution in [0.2, 0.25) is 0 Å². The van der Waals surface area contributed by atoms with Gasteiger partial charge in [0, 0.05) is 13.1 Å². The number of morpholine rings is 1. The van der Waals surface area contributed by atoms with Crippen molar-refractivity contribution in [1.82, 2.24) is 29.4 Å². The third-order valence-corrected chi connectivity index (χ3v) is 4.75. The highest BCUT2D eigenvalue weighted by Gasteiger charge is 2.26. The number of hydrogen-bond donors (Lipinski definition) is 0. The zero-order chi connectivity index (χ0) is 19.8. The molecule has 0 aliphatic carbocycles. The predicted molar refractivity (Wildman–Crippen MR) is 102 cm³/mol. The van der Waals surface area contributed by atoms with Gasteiger partial charge in [-0.25, -0.2) is 4.98 Å². The molecule has 1 aliphatic heterocycles. The smallest absolute Gasteiger partial charge is 0.284 e. The number of carbonyl (C=O) groups is 1. The second kappa shape index (κ2) is 7.16. The van der Waals surface area contributed by atoms with Crippen molar-refractivity contribution in [3.63, 3.8) is 0 Å². The molecule has 2 aromatic heterocycles. The Hall–Kier alpha value is -3.07. The van der Waals surface area contributed by atoms with Gasteiger partial charge in [0.1, 0.15) is 12.9 Å². The van der Waals surface area contributed by atoms with Gasteiger partial charge in [-0.15, -0.1) is 5.10 Å². The maximum Gasteiger partial charge on any atom is 0.284 e. The Labute approximate surface area is 161 Å². The molecular weight excluding hydrogens is 360 g/mol. The van der Waals surface area contributed by atoms with Gasteiger partial charge in [-0.05, 0) is 38.5 Å². The number of hydrogen-bond acceptors (Lipinski definition) is 6. The number of ether oxygens (including phenoxy) is 1. The van der Waals surface area contributed by atoms with Crippen LogP contribution in [0, 0.1) is 6.92 Å². The summed E-state index contributed by atoms with van der Waals surface area (Å²) >= 11 is 0. The number of carbonyl (C=O) groups excluding carboxylic acids is 1. The van der Waals surface area contributed by atoms with Crippen molar-refractivity contribution in [3.05, 3.63) is 46.5 Å². The monoisotopic (exact) mass is 382 g/mol. The Morgan fingerprint density at radius 3 is 2.71 bits per heavy atom. The fourth-order valence-corrected chi connectivity index (χ4v) is 3.52. The Kier molecular flexibility index (Phi) is 4.68. The van der Waals surface area contributed by atoms with Crippen LogP contribution in [-0.4, -0.2) is 60.6 Å². The fraction of sp³-hybridized carbons (Fsp3) is 0.421. The van der Waals surface area contributed by atoms with Crippen molar-refractivity contribution < 1.29 is 9.53 Å². The van der Waals surface area contributed by atoms with Gasteiger partial charge in [-0.2, -0.15) is 4.68 Å². The third-order valence-electron chi connectivity index (χ3n) is 4.75. The standard InChI is InChI=1S/C19H22N6O3/c1-12-5-4-6-15(7-12)25-18-17(21-22-25)19(27)24(11-20-18)10-16(26)23-8-13(2)28-14(3)9-23/h4-7,11,13-14H,8-10H2,1-3H3/t13-,14-/m0/s1. The molecule has 146 valence electrons. The minimum Gasteiger partial charge on any atom is -0.372 e. The van der Waals surface area contributed by atoms with Gasteiger partial charge >= 0.3 is 0 Å². The van der Waals surface area contributed by atoms with Gasteiger partial charge in [0.25, 0.3) is 5.56 Å². The van der Waals surface area contributed by atoms with E-state index in [0.717, 1.165) is 11.3 Å². The van der Waals surface area contributed by atoms with Gasteiger partial charge in [0.15, 0.2) is 11.2 Å². The quantitative estimate of drug-likeness (QED) is 0.669. The van der Waals surface area contributed by atoms with Crippen molar-refractivity contribution in [2.45, 2.75) is 39.5 Å². The maximum atomic E-state index is 12.8. The lowest BCUT2D eigenvalue weighted by Crippen LogP contribution is -2.49. The summed E-state index contributed by atoms with van der Waals surface area (Å²) in [4.78, 5) is 31.5. The Balaban J connectivity index is 1.62. The van der Waals surface area contributed by atoms with Crippen LogP contribution in [0.5, 0.6) is 0 Å². The zero-order valence-electron chi connectivity index (χ0n) is 16.1. The SMILES string of the molecule is Cc1cccc(-n2nnc3c(=O)n(CC(=O)N4C[C@H](C)O[C@@H](C)C4)cnc32)c1. The van der Waals surface area contributed by atoms with Crippen LogP contribution in [-0.2, 0) is 16.1 Å². The summed E-state index contributed by atoms with van der Waals surface area (Å²) < 4.78 is 8.47. The molecule has 0 unspecified atom stereocenters. The molecule has 2 atom stereocenters. The van der Waals surface area contributed by atoms with E-state index >= 15 is 0 Å². The first-order valence-electron chi connectivity index (χ1n) is 9.23. The molecule has 9 heteroatoms. The van der Waals surface area contributed by atoms with E-state index in [0.29, 0.717) is 18.7 Å². The van der Waals surface area contributed by atoms with Crippen molar-refractivity contribution in [2.24, 2.45) is 0 Å². The Morgan fingerprint density at radius 1 is 1.25 bits per heavy atom. The lowest BCUT2D eigenvalue weighted by molar-refractivity contribution is -0.143. The molecule has 3 heterocycles. The summed E-state index contributed by atoms with van der Waals surface area (Å²) in [6.45, 7) is 6.77. The highest BCUT2D eigenvalue weighted by molar-refractivity contribution is 5.77. The van der Waals surface area contributed by atoms with E-state index in [2.05, 4.69) is 15.3 Å². The predicted octanol–water partition coefficient (Wildman–Crippen LogP) is 0.921. The Morgan fingerprint density at radius 2 is 2.00 bits per heavy atom. The zero-order valence-corrected chi connectivity index (χ0v) is 16.1. The largest absolute Gasteiger partial charge is 0.372 e. The van der Waals surface area contributed by atoms with Crippen LogP contribution in [0.25, 0.3) is 16.9 Å². The topological polar surface area (TPSA) is 95.1 Å².